The van der Waals surface area contributed by atoms with Gasteiger partial charge in [0.2, 0.25) is 11.8 Å². The summed E-state index contributed by atoms with van der Waals surface area (Å²) in [6.07, 6.45) is 5.25. The average molecular weight is 748 g/mol. The van der Waals surface area contributed by atoms with E-state index >= 15 is 0 Å². The number of amides is 5. The first-order valence-corrected chi connectivity index (χ1v) is 19.5. The van der Waals surface area contributed by atoms with Gasteiger partial charge in [0.25, 0.3) is 5.91 Å². The molecule has 2 aromatic rings. The zero-order valence-electron chi connectivity index (χ0n) is 30.7. The molecule has 6 atom stereocenters. The van der Waals surface area contributed by atoms with E-state index in [4.69, 9.17) is 9.47 Å². The first kappa shape index (κ1) is 38.2. The van der Waals surface area contributed by atoms with E-state index in [-0.39, 0.29) is 25.3 Å². The van der Waals surface area contributed by atoms with Crippen LogP contribution in [0.2, 0.25) is 0 Å². The Kier molecular flexibility index (Phi) is 11.4. The first-order chi connectivity index (χ1) is 25.2. The predicted molar refractivity (Wildman–Crippen MR) is 196 cm³/mol. The molecule has 3 N–H and O–H groups in total. The van der Waals surface area contributed by atoms with Crippen molar-refractivity contribution in [3.63, 3.8) is 0 Å². The fourth-order valence-electron chi connectivity index (χ4n) is 7.19. The third kappa shape index (κ3) is 9.15. The highest BCUT2D eigenvalue weighted by Crippen LogP contribution is 2.46. The fourth-order valence-corrected chi connectivity index (χ4v) is 8.04. The Bertz CT molecular complexity index is 1720. The zero-order valence-corrected chi connectivity index (χ0v) is 31.5. The van der Waals surface area contributed by atoms with Crippen molar-refractivity contribution in [2.75, 3.05) is 6.54 Å². The Balaban J connectivity index is 1.24. The van der Waals surface area contributed by atoms with Crippen molar-refractivity contribution in [1.29, 1.82) is 0 Å². The van der Waals surface area contributed by atoms with Gasteiger partial charge in [-0.05, 0) is 76.6 Å². The van der Waals surface area contributed by atoms with Crippen LogP contribution in [-0.2, 0) is 48.3 Å². The van der Waals surface area contributed by atoms with Crippen LogP contribution in [0.15, 0.2) is 65.6 Å². The summed E-state index contributed by atoms with van der Waals surface area (Å²) in [4.78, 5) is 72.2. The number of fused-ring (bicyclic) bond motifs is 3. The summed E-state index contributed by atoms with van der Waals surface area (Å²) >= 11 is -1.88. The first-order valence-electron chi connectivity index (χ1n) is 18.3. The topological polar surface area (TPSA) is 169 Å². The van der Waals surface area contributed by atoms with E-state index in [1.54, 1.807) is 49.9 Å². The number of alkyl carbamates (subject to hydrolysis) is 1. The van der Waals surface area contributed by atoms with Crippen molar-refractivity contribution in [1.82, 2.24) is 25.2 Å². The summed E-state index contributed by atoms with van der Waals surface area (Å²) in [6.45, 7) is 7.76. The van der Waals surface area contributed by atoms with Crippen LogP contribution in [-0.4, -0.2) is 80.1 Å². The van der Waals surface area contributed by atoms with Crippen LogP contribution in [0.25, 0.3) is 0 Å². The summed E-state index contributed by atoms with van der Waals surface area (Å²) in [6, 6.07) is 12.6. The summed E-state index contributed by atoms with van der Waals surface area (Å²) in [5.74, 6) is -2.07. The largest absolute Gasteiger partial charge is 0.588 e. The molecule has 13 nitrogen and oxygen atoms in total. The van der Waals surface area contributed by atoms with Crippen LogP contribution in [0.3, 0.4) is 0 Å². The number of rotatable bonds is 5. The van der Waals surface area contributed by atoms with Gasteiger partial charge in [-0.25, -0.2) is 9.59 Å². The van der Waals surface area contributed by atoms with Crippen molar-refractivity contribution >= 4 is 41.3 Å². The third-order valence-corrected chi connectivity index (χ3v) is 11.2. The summed E-state index contributed by atoms with van der Waals surface area (Å²) in [5.41, 5.74) is 0.824. The van der Waals surface area contributed by atoms with Gasteiger partial charge in [-0.3, -0.25) is 19.3 Å². The van der Waals surface area contributed by atoms with E-state index in [1.807, 2.05) is 43.3 Å². The summed E-state index contributed by atoms with van der Waals surface area (Å²) in [7, 11) is 0. The maximum Gasteiger partial charge on any atom is 0.410 e. The zero-order chi connectivity index (χ0) is 37.9. The maximum atomic E-state index is 14.4. The Labute approximate surface area is 313 Å². The average Bonchev–Trinajstić information content (AvgIpc) is 3.40. The second-order valence-electron chi connectivity index (χ2n) is 15.4. The van der Waals surface area contributed by atoms with Gasteiger partial charge in [0.15, 0.2) is 4.90 Å². The van der Waals surface area contributed by atoms with Gasteiger partial charge in [-0.15, -0.1) is 0 Å². The van der Waals surface area contributed by atoms with Crippen LogP contribution in [0.4, 0.5) is 9.59 Å². The van der Waals surface area contributed by atoms with Gasteiger partial charge in [-0.2, -0.15) is 4.72 Å². The highest BCUT2D eigenvalue weighted by Gasteiger charge is 2.62. The normalized spacial score (nSPS) is 27.1. The minimum absolute atomic E-state index is 0.0171. The molecule has 1 unspecified atom stereocenters. The second kappa shape index (κ2) is 15.8. The number of carbonyl (C=O) groups is 5. The number of nitrogens with zero attached hydrogens (tertiary/aromatic N) is 2. The minimum Gasteiger partial charge on any atom is -0.588 e. The van der Waals surface area contributed by atoms with Crippen LogP contribution >= 0.6 is 0 Å². The van der Waals surface area contributed by atoms with E-state index in [9.17, 15) is 28.5 Å². The second-order valence-corrected chi connectivity index (χ2v) is 16.6. The van der Waals surface area contributed by atoms with Gasteiger partial charge in [0, 0.05) is 25.4 Å². The van der Waals surface area contributed by atoms with Crippen molar-refractivity contribution in [3.8, 4) is 0 Å². The SMILES string of the molecule is Cc1ccc([S+]([O-])NC(=O)[C@@]23C[C@H]2/C=C\CCCCC[C@H](NC(=O)OC(C)(C)C)C(=O)N2C[C@H](OC(=O)N4Cc5ccccc5C4)C[C@H]2C(=O)N3)cc1. The number of allylic oxidation sites excluding steroid dienone is 1. The number of hydrogen-bond acceptors (Lipinski definition) is 8. The van der Waals surface area contributed by atoms with Crippen molar-refractivity contribution < 1.29 is 38.0 Å². The number of carbonyl (C=O) groups excluding carboxylic acids is 5. The molecule has 0 spiro atoms. The molecule has 1 aliphatic carbocycles. The van der Waals surface area contributed by atoms with Crippen LogP contribution in [0.5, 0.6) is 0 Å². The van der Waals surface area contributed by atoms with Crippen LogP contribution in [0.1, 0.15) is 82.4 Å². The predicted octanol–water partition coefficient (Wildman–Crippen LogP) is 4.54. The lowest BCUT2D eigenvalue weighted by molar-refractivity contribution is -0.141. The molecule has 0 radical (unpaired) electrons. The Hall–Kier alpha value is -4.56. The summed E-state index contributed by atoms with van der Waals surface area (Å²) < 4.78 is 27.2. The quantitative estimate of drug-likeness (QED) is 0.296. The standard InChI is InChI=1S/C39H49N5O8S/c1-25-16-18-30(19-17-25)53(50)42-35(47)39-21-28(39)14-8-6-5-7-9-15-31(40-36(48)52-38(2,3)4)34(46)44-24-29(20-32(44)33(45)41-39)51-37(49)43-22-26-12-10-11-13-27(26)23-43/h8,10-14,16-19,28-29,31-32H,5-7,9,15,20-24H2,1-4H3,(H,40,48)(H,41,45)(H,42,47)/b14-8-/t28-,29-,31+,32+,39-,53?/m1/s1. The van der Waals surface area contributed by atoms with E-state index in [1.165, 1.54) is 4.90 Å². The molecule has 53 heavy (non-hydrogen) atoms. The molecule has 0 bridgehead atoms. The highest BCUT2D eigenvalue weighted by molar-refractivity contribution is 7.90. The Morgan fingerprint density at radius 2 is 1.70 bits per heavy atom. The lowest BCUT2D eigenvalue weighted by Crippen LogP contribution is -2.58. The minimum atomic E-state index is -1.88. The van der Waals surface area contributed by atoms with E-state index in [0.29, 0.717) is 30.8 Å². The molecule has 1 saturated heterocycles. The molecule has 4 aliphatic rings. The third-order valence-electron chi connectivity index (χ3n) is 10.1. The molecule has 1 saturated carbocycles. The molecular formula is C39H49N5O8S. The Morgan fingerprint density at radius 3 is 2.38 bits per heavy atom. The number of aryl methyl sites for hydroxylation is 1. The van der Waals surface area contributed by atoms with E-state index < -0.39 is 70.6 Å². The number of hydrogen-bond donors (Lipinski definition) is 3. The molecule has 284 valence electrons. The molecule has 0 aromatic heterocycles. The molecule has 2 fully saturated rings. The molecule has 2 aromatic carbocycles. The lowest BCUT2D eigenvalue weighted by Gasteiger charge is -2.30. The monoisotopic (exact) mass is 747 g/mol. The van der Waals surface area contributed by atoms with E-state index in [0.717, 1.165) is 36.0 Å². The molecule has 5 amide bonds. The molecule has 6 rings (SSSR count). The van der Waals surface area contributed by atoms with Gasteiger partial charge in [0.05, 0.1) is 6.54 Å². The van der Waals surface area contributed by atoms with Crippen molar-refractivity contribution in [2.45, 2.75) is 120 Å². The number of ether oxygens (including phenoxy) is 2. The fraction of sp³-hybridized carbons (Fsp3) is 0.513. The molecule has 14 heteroatoms. The van der Waals surface area contributed by atoms with E-state index in [2.05, 4.69) is 15.4 Å². The van der Waals surface area contributed by atoms with Gasteiger partial charge < -0.3 is 29.6 Å². The van der Waals surface area contributed by atoms with Gasteiger partial charge >= 0.3 is 12.2 Å². The number of nitrogens with one attached hydrogen (secondary N) is 3. The molecule has 3 heterocycles. The number of benzene rings is 2. The molecule has 3 aliphatic heterocycles. The summed E-state index contributed by atoms with van der Waals surface area (Å²) in [5, 5.41) is 5.66. The lowest BCUT2D eigenvalue weighted by atomic mass is 10.0. The van der Waals surface area contributed by atoms with Gasteiger partial charge in [-0.1, -0.05) is 67.0 Å². The van der Waals surface area contributed by atoms with Gasteiger partial charge in [0.1, 0.15) is 40.7 Å². The van der Waals surface area contributed by atoms with Crippen LogP contribution in [0, 0.1) is 12.8 Å². The molecular weight excluding hydrogens is 699 g/mol. The van der Waals surface area contributed by atoms with Crippen LogP contribution < -0.4 is 15.4 Å². The van der Waals surface area contributed by atoms with Crippen molar-refractivity contribution in [3.05, 3.63) is 77.4 Å². The highest BCUT2D eigenvalue weighted by atomic mass is 32.2. The van der Waals surface area contributed by atoms with Crippen molar-refractivity contribution in [2.24, 2.45) is 5.92 Å². The maximum absolute atomic E-state index is 14.4. The smallest absolute Gasteiger partial charge is 0.410 e. The Morgan fingerprint density at radius 1 is 1.00 bits per heavy atom.